The minimum atomic E-state index is -0.346. The van der Waals surface area contributed by atoms with E-state index in [9.17, 15) is 4.39 Å². The number of hydrogen-bond donors (Lipinski definition) is 0. The van der Waals surface area contributed by atoms with Crippen LogP contribution in [-0.4, -0.2) is 45.1 Å². The maximum atomic E-state index is 13.8. The standard InChI is InChI=1S/C17H20FN5O2/c1-12(16-21-20-11-22(16)8-9-24-2)23-7-6-19-17(23)14-10-13(18)4-5-15(14)25-3/h4-7,10-12H,8-9H2,1-3H3. The van der Waals surface area contributed by atoms with Gasteiger partial charge in [-0.05, 0) is 25.1 Å². The SMILES string of the molecule is COCCn1cnnc1C(C)n1ccnc1-c1cc(F)ccc1OC. The molecule has 3 rings (SSSR count). The van der Waals surface area contributed by atoms with Crippen molar-refractivity contribution in [3.05, 3.63) is 48.6 Å². The van der Waals surface area contributed by atoms with Crippen LogP contribution in [-0.2, 0) is 11.3 Å². The smallest absolute Gasteiger partial charge is 0.155 e. The van der Waals surface area contributed by atoms with Crippen LogP contribution in [0.5, 0.6) is 5.75 Å². The summed E-state index contributed by atoms with van der Waals surface area (Å²) in [6, 6.07) is 4.22. The molecule has 0 saturated carbocycles. The predicted octanol–water partition coefficient (Wildman–Crippen LogP) is 2.55. The second-order valence-electron chi connectivity index (χ2n) is 5.55. The Hall–Kier alpha value is -2.74. The average molecular weight is 345 g/mol. The van der Waals surface area contributed by atoms with Gasteiger partial charge in [0.2, 0.25) is 0 Å². The third-order valence-electron chi connectivity index (χ3n) is 4.04. The summed E-state index contributed by atoms with van der Waals surface area (Å²) >= 11 is 0. The lowest BCUT2D eigenvalue weighted by atomic mass is 10.1. The molecule has 0 fully saturated rings. The molecule has 0 spiro atoms. The summed E-state index contributed by atoms with van der Waals surface area (Å²) in [6.07, 6.45) is 5.18. The molecule has 1 aromatic carbocycles. The Bertz CT molecular complexity index is 845. The minimum Gasteiger partial charge on any atom is -0.496 e. The molecule has 2 heterocycles. The number of ether oxygens (including phenoxy) is 2. The first-order valence-corrected chi connectivity index (χ1v) is 7.89. The quantitative estimate of drug-likeness (QED) is 0.658. The van der Waals surface area contributed by atoms with E-state index in [1.165, 1.54) is 12.1 Å². The zero-order valence-corrected chi connectivity index (χ0v) is 14.4. The number of hydrogen-bond acceptors (Lipinski definition) is 5. The molecule has 0 aliphatic carbocycles. The fourth-order valence-electron chi connectivity index (χ4n) is 2.76. The van der Waals surface area contributed by atoms with Gasteiger partial charge in [-0.25, -0.2) is 9.37 Å². The van der Waals surface area contributed by atoms with Gasteiger partial charge in [0.05, 0.1) is 25.3 Å². The van der Waals surface area contributed by atoms with Crippen molar-refractivity contribution in [2.75, 3.05) is 20.8 Å². The van der Waals surface area contributed by atoms with Crippen LogP contribution >= 0.6 is 0 Å². The molecule has 0 aliphatic rings. The highest BCUT2D eigenvalue weighted by Gasteiger charge is 2.20. The monoisotopic (exact) mass is 345 g/mol. The van der Waals surface area contributed by atoms with Gasteiger partial charge >= 0.3 is 0 Å². The van der Waals surface area contributed by atoms with Crippen LogP contribution in [0.15, 0.2) is 36.9 Å². The zero-order chi connectivity index (χ0) is 17.8. The summed E-state index contributed by atoms with van der Waals surface area (Å²) in [6.45, 7) is 3.20. The minimum absolute atomic E-state index is 0.148. The third-order valence-corrected chi connectivity index (χ3v) is 4.04. The summed E-state index contributed by atoms with van der Waals surface area (Å²) in [4.78, 5) is 4.39. The Balaban J connectivity index is 2.00. The molecule has 3 aromatic rings. The first kappa shape index (κ1) is 17.1. The van der Waals surface area contributed by atoms with Gasteiger partial charge in [-0.3, -0.25) is 0 Å². The van der Waals surface area contributed by atoms with Crippen LogP contribution in [0.25, 0.3) is 11.4 Å². The molecule has 0 saturated heterocycles. The molecule has 0 aliphatic heterocycles. The van der Waals surface area contributed by atoms with Gasteiger partial charge in [-0.2, -0.15) is 0 Å². The van der Waals surface area contributed by atoms with Crippen molar-refractivity contribution in [3.8, 4) is 17.1 Å². The summed E-state index contributed by atoms with van der Waals surface area (Å²) in [5.74, 6) is 1.58. The Morgan fingerprint density at radius 1 is 1.28 bits per heavy atom. The second-order valence-corrected chi connectivity index (χ2v) is 5.55. The molecular formula is C17H20FN5O2. The van der Waals surface area contributed by atoms with E-state index >= 15 is 0 Å². The summed E-state index contributed by atoms with van der Waals surface area (Å²) in [5.41, 5.74) is 0.585. The van der Waals surface area contributed by atoms with Crippen LogP contribution in [0.4, 0.5) is 4.39 Å². The molecule has 2 aromatic heterocycles. The number of methoxy groups -OCH3 is 2. The lowest BCUT2D eigenvalue weighted by Gasteiger charge is -2.18. The molecule has 7 nitrogen and oxygen atoms in total. The number of halogens is 1. The van der Waals surface area contributed by atoms with E-state index in [0.717, 1.165) is 5.82 Å². The fraction of sp³-hybridized carbons (Fsp3) is 0.353. The number of rotatable bonds is 7. The number of imidazole rings is 1. The predicted molar refractivity (Wildman–Crippen MR) is 89.9 cm³/mol. The lowest BCUT2D eigenvalue weighted by Crippen LogP contribution is -2.16. The van der Waals surface area contributed by atoms with Crippen LogP contribution in [0, 0.1) is 5.82 Å². The van der Waals surface area contributed by atoms with Crippen molar-refractivity contribution >= 4 is 0 Å². The molecule has 132 valence electrons. The van der Waals surface area contributed by atoms with Gasteiger partial charge in [0, 0.05) is 26.0 Å². The van der Waals surface area contributed by atoms with Gasteiger partial charge in [-0.15, -0.1) is 10.2 Å². The van der Waals surface area contributed by atoms with Crippen LogP contribution < -0.4 is 4.74 Å². The molecule has 1 unspecified atom stereocenters. The van der Waals surface area contributed by atoms with Crippen molar-refractivity contribution in [2.45, 2.75) is 19.5 Å². The molecule has 0 amide bonds. The zero-order valence-electron chi connectivity index (χ0n) is 14.4. The van der Waals surface area contributed by atoms with Gasteiger partial charge in [-0.1, -0.05) is 0 Å². The number of nitrogens with zero attached hydrogens (tertiary/aromatic N) is 5. The van der Waals surface area contributed by atoms with Crippen LogP contribution in [0.3, 0.4) is 0 Å². The normalized spacial score (nSPS) is 12.3. The van der Waals surface area contributed by atoms with E-state index in [0.29, 0.717) is 30.3 Å². The van der Waals surface area contributed by atoms with Crippen LogP contribution in [0.1, 0.15) is 18.8 Å². The molecule has 1 atom stereocenters. The van der Waals surface area contributed by atoms with E-state index < -0.39 is 0 Å². The van der Waals surface area contributed by atoms with Gasteiger partial charge in [0.1, 0.15) is 23.7 Å². The van der Waals surface area contributed by atoms with Crippen molar-refractivity contribution < 1.29 is 13.9 Å². The van der Waals surface area contributed by atoms with E-state index in [4.69, 9.17) is 9.47 Å². The van der Waals surface area contributed by atoms with E-state index in [2.05, 4.69) is 15.2 Å². The van der Waals surface area contributed by atoms with Crippen molar-refractivity contribution in [3.63, 3.8) is 0 Å². The van der Waals surface area contributed by atoms with Gasteiger partial charge in [0.15, 0.2) is 5.82 Å². The van der Waals surface area contributed by atoms with E-state index in [1.807, 2.05) is 22.3 Å². The van der Waals surface area contributed by atoms with Gasteiger partial charge < -0.3 is 18.6 Å². The largest absolute Gasteiger partial charge is 0.496 e. The maximum absolute atomic E-state index is 13.8. The molecule has 8 heteroatoms. The summed E-state index contributed by atoms with van der Waals surface area (Å²) < 4.78 is 28.1. The van der Waals surface area contributed by atoms with Crippen molar-refractivity contribution in [1.82, 2.24) is 24.3 Å². The fourth-order valence-corrected chi connectivity index (χ4v) is 2.76. The molecule has 0 bridgehead atoms. The molecular weight excluding hydrogens is 325 g/mol. The third kappa shape index (κ3) is 3.39. The highest BCUT2D eigenvalue weighted by Crippen LogP contribution is 2.32. The Labute approximate surface area is 145 Å². The Morgan fingerprint density at radius 2 is 2.12 bits per heavy atom. The lowest BCUT2D eigenvalue weighted by molar-refractivity contribution is 0.185. The van der Waals surface area contributed by atoms with E-state index in [-0.39, 0.29) is 11.9 Å². The van der Waals surface area contributed by atoms with Gasteiger partial charge in [0.25, 0.3) is 0 Å². The Morgan fingerprint density at radius 3 is 2.88 bits per heavy atom. The molecule has 0 radical (unpaired) electrons. The summed E-state index contributed by atoms with van der Waals surface area (Å²) in [7, 11) is 3.20. The highest BCUT2D eigenvalue weighted by atomic mass is 19.1. The van der Waals surface area contributed by atoms with Crippen molar-refractivity contribution in [2.24, 2.45) is 0 Å². The molecule has 0 N–H and O–H groups in total. The first-order valence-electron chi connectivity index (χ1n) is 7.89. The summed E-state index contributed by atoms with van der Waals surface area (Å²) in [5, 5.41) is 8.22. The van der Waals surface area contributed by atoms with E-state index in [1.54, 1.807) is 32.8 Å². The second kappa shape index (κ2) is 7.43. The van der Waals surface area contributed by atoms with Crippen molar-refractivity contribution in [1.29, 1.82) is 0 Å². The number of benzene rings is 1. The van der Waals surface area contributed by atoms with Crippen LogP contribution in [0.2, 0.25) is 0 Å². The highest BCUT2D eigenvalue weighted by molar-refractivity contribution is 5.65. The Kier molecular flexibility index (Phi) is 5.08. The molecule has 25 heavy (non-hydrogen) atoms. The number of aromatic nitrogens is 5. The first-order chi connectivity index (χ1) is 12.2. The average Bonchev–Trinajstić information content (AvgIpc) is 3.28. The maximum Gasteiger partial charge on any atom is 0.155 e. The topological polar surface area (TPSA) is 67.0 Å².